The number of hydrogen-bond acceptors (Lipinski definition) is 5. The molecule has 0 spiro atoms. The normalized spacial score (nSPS) is 11.3. The highest BCUT2D eigenvalue weighted by Gasteiger charge is 2.21. The van der Waals surface area contributed by atoms with Crippen molar-refractivity contribution < 1.29 is 19.4 Å². The molecule has 31 heavy (non-hydrogen) atoms. The van der Waals surface area contributed by atoms with Gasteiger partial charge in [-0.05, 0) is 36.8 Å². The molecule has 1 atom stereocenters. The maximum absolute atomic E-state index is 12.9. The van der Waals surface area contributed by atoms with Crippen molar-refractivity contribution in [2.45, 2.75) is 19.4 Å². The van der Waals surface area contributed by atoms with Crippen molar-refractivity contribution in [1.29, 1.82) is 5.26 Å². The molecule has 0 aliphatic carbocycles. The number of amides is 1. The molecule has 1 heterocycles. The largest absolute Gasteiger partial charge is 0.494 e. The molecular weight excluding hydrogens is 394 g/mol. The molecule has 1 amide bonds. The standard InChI is InChI=1S/C24H21N3O4/c1-15-6-8-17(9-7-15)20(13-22(28)29)27-24(30)19-10-11-21(31-2)23(26-19)18-5-3-4-16(12-18)14-25/h3-12,20H,13H2,1-2H3,(H,27,30)(H,28,29). The van der Waals surface area contributed by atoms with Gasteiger partial charge in [0, 0.05) is 5.56 Å². The molecule has 0 aliphatic heterocycles. The molecule has 3 rings (SSSR count). The number of carbonyl (C=O) groups excluding carboxylic acids is 1. The Morgan fingerprint density at radius 1 is 1.16 bits per heavy atom. The monoisotopic (exact) mass is 415 g/mol. The zero-order valence-corrected chi connectivity index (χ0v) is 17.1. The van der Waals surface area contributed by atoms with Crippen LogP contribution in [0.1, 0.15) is 39.6 Å². The summed E-state index contributed by atoms with van der Waals surface area (Å²) >= 11 is 0. The van der Waals surface area contributed by atoms with Crippen LogP contribution in [-0.2, 0) is 4.79 Å². The highest BCUT2D eigenvalue weighted by molar-refractivity contribution is 5.93. The number of carboxylic acid groups (broad SMARTS) is 1. The predicted molar refractivity (Wildman–Crippen MR) is 115 cm³/mol. The van der Waals surface area contributed by atoms with Gasteiger partial charge in [-0.2, -0.15) is 5.26 Å². The first kappa shape index (κ1) is 21.5. The molecule has 3 aromatic rings. The number of benzene rings is 2. The Hall–Kier alpha value is -4.18. The lowest BCUT2D eigenvalue weighted by Gasteiger charge is -2.18. The average molecular weight is 415 g/mol. The van der Waals surface area contributed by atoms with Crippen LogP contribution in [0.4, 0.5) is 0 Å². The first-order chi connectivity index (χ1) is 14.9. The summed E-state index contributed by atoms with van der Waals surface area (Å²) in [4.78, 5) is 28.7. The van der Waals surface area contributed by atoms with Crippen molar-refractivity contribution >= 4 is 11.9 Å². The van der Waals surface area contributed by atoms with E-state index in [1.54, 1.807) is 42.5 Å². The Morgan fingerprint density at radius 3 is 2.55 bits per heavy atom. The predicted octanol–water partition coefficient (Wildman–Crippen LogP) is 3.88. The van der Waals surface area contributed by atoms with Crippen LogP contribution in [0.25, 0.3) is 11.3 Å². The minimum absolute atomic E-state index is 0.112. The second kappa shape index (κ2) is 9.55. The first-order valence-electron chi connectivity index (χ1n) is 9.56. The van der Waals surface area contributed by atoms with Crippen molar-refractivity contribution in [3.63, 3.8) is 0 Å². The van der Waals surface area contributed by atoms with Crippen LogP contribution >= 0.6 is 0 Å². The smallest absolute Gasteiger partial charge is 0.305 e. The molecule has 0 radical (unpaired) electrons. The van der Waals surface area contributed by atoms with Crippen LogP contribution in [0.5, 0.6) is 5.75 Å². The van der Waals surface area contributed by atoms with Crippen molar-refractivity contribution in [1.82, 2.24) is 10.3 Å². The van der Waals surface area contributed by atoms with Gasteiger partial charge >= 0.3 is 5.97 Å². The van der Waals surface area contributed by atoms with Crippen LogP contribution in [-0.4, -0.2) is 29.1 Å². The number of aromatic nitrogens is 1. The van der Waals surface area contributed by atoms with E-state index in [0.29, 0.717) is 28.1 Å². The van der Waals surface area contributed by atoms with Gasteiger partial charge < -0.3 is 15.2 Å². The lowest BCUT2D eigenvalue weighted by atomic mass is 10.0. The molecule has 1 unspecified atom stereocenters. The zero-order valence-electron chi connectivity index (χ0n) is 17.1. The summed E-state index contributed by atoms with van der Waals surface area (Å²) in [6, 6.07) is 18.6. The maximum Gasteiger partial charge on any atom is 0.305 e. The molecule has 7 heteroatoms. The number of pyridine rings is 1. The number of aryl methyl sites for hydroxylation is 1. The summed E-state index contributed by atoms with van der Waals surface area (Å²) in [5.74, 6) is -1.08. The van der Waals surface area contributed by atoms with Gasteiger partial charge in [0.25, 0.3) is 5.91 Å². The number of rotatable bonds is 7. The maximum atomic E-state index is 12.9. The number of aliphatic carboxylic acids is 1. The average Bonchev–Trinajstić information content (AvgIpc) is 2.78. The summed E-state index contributed by atoms with van der Waals surface area (Å²) in [5.41, 5.74) is 3.34. The van der Waals surface area contributed by atoms with Gasteiger partial charge in [0.15, 0.2) is 0 Å². The third kappa shape index (κ3) is 5.25. The fraction of sp³-hybridized carbons (Fsp3) is 0.167. The van der Waals surface area contributed by atoms with Crippen molar-refractivity contribution in [3.8, 4) is 23.1 Å². The Bertz CT molecular complexity index is 1150. The first-order valence-corrected chi connectivity index (χ1v) is 9.56. The molecular formula is C24H21N3O4. The Morgan fingerprint density at radius 2 is 1.90 bits per heavy atom. The summed E-state index contributed by atoms with van der Waals surface area (Å²) in [5, 5.41) is 21.2. The molecule has 7 nitrogen and oxygen atoms in total. The number of nitriles is 1. The molecule has 0 bridgehead atoms. The third-order valence-electron chi connectivity index (χ3n) is 4.74. The molecule has 1 aromatic heterocycles. The van der Waals surface area contributed by atoms with Crippen LogP contribution in [0.2, 0.25) is 0 Å². The second-order valence-corrected chi connectivity index (χ2v) is 6.97. The van der Waals surface area contributed by atoms with Gasteiger partial charge in [0.05, 0.1) is 31.2 Å². The molecule has 0 aliphatic rings. The topological polar surface area (TPSA) is 112 Å². The van der Waals surface area contributed by atoms with Crippen LogP contribution in [0.3, 0.4) is 0 Å². The van der Waals surface area contributed by atoms with E-state index in [0.717, 1.165) is 5.56 Å². The Balaban J connectivity index is 1.93. The van der Waals surface area contributed by atoms with Crippen molar-refractivity contribution in [2.24, 2.45) is 0 Å². The molecule has 156 valence electrons. The van der Waals surface area contributed by atoms with Gasteiger partial charge in [-0.3, -0.25) is 9.59 Å². The number of hydrogen-bond donors (Lipinski definition) is 2. The van der Waals surface area contributed by atoms with Crippen LogP contribution < -0.4 is 10.1 Å². The van der Waals surface area contributed by atoms with Crippen LogP contribution in [0.15, 0.2) is 60.7 Å². The lowest BCUT2D eigenvalue weighted by Crippen LogP contribution is -2.30. The van der Waals surface area contributed by atoms with Gasteiger partial charge in [-0.15, -0.1) is 0 Å². The van der Waals surface area contributed by atoms with E-state index >= 15 is 0 Å². The quantitative estimate of drug-likeness (QED) is 0.606. The fourth-order valence-electron chi connectivity index (χ4n) is 3.14. The minimum atomic E-state index is -1.03. The summed E-state index contributed by atoms with van der Waals surface area (Å²) < 4.78 is 5.37. The van der Waals surface area contributed by atoms with E-state index in [-0.39, 0.29) is 12.1 Å². The van der Waals surface area contributed by atoms with Gasteiger partial charge in [-0.25, -0.2) is 4.98 Å². The summed E-state index contributed by atoms with van der Waals surface area (Å²) in [6.45, 7) is 1.93. The Labute approximate surface area is 179 Å². The van der Waals surface area contributed by atoms with Gasteiger partial charge in [0.1, 0.15) is 17.1 Å². The number of nitrogens with zero attached hydrogens (tertiary/aromatic N) is 2. The molecule has 0 saturated carbocycles. The number of methoxy groups -OCH3 is 1. The van der Waals surface area contributed by atoms with E-state index in [2.05, 4.69) is 16.4 Å². The number of carbonyl (C=O) groups is 2. The van der Waals surface area contributed by atoms with E-state index < -0.39 is 17.9 Å². The van der Waals surface area contributed by atoms with Crippen molar-refractivity contribution in [3.05, 3.63) is 83.0 Å². The number of carboxylic acids is 1. The van der Waals surface area contributed by atoms with Gasteiger partial charge in [0.2, 0.25) is 0 Å². The summed E-state index contributed by atoms with van der Waals surface area (Å²) in [7, 11) is 1.49. The number of nitrogens with one attached hydrogen (secondary N) is 1. The van der Waals surface area contributed by atoms with E-state index in [1.165, 1.54) is 13.2 Å². The van der Waals surface area contributed by atoms with Gasteiger partial charge in [-0.1, -0.05) is 42.0 Å². The van der Waals surface area contributed by atoms with E-state index in [4.69, 9.17) is 10.00 Å². The number of ether oxygens (including phenoxy) is 1. The zero-order chi connectivity index (χ0) is 22.4. The fourth-order valence-corrected chi connectivity index (χ4v) is 3.14. The third-order valence-corrected chi connectivity index (χ3v) is 4.74. The van der Waals surface area contributed by atoms with E-state index in [1.807, 2.05) is 19.1 Å². The second-order valence-electron chi connectivity index (χ2n) is 6.97. The molecule has 2 N–H and O–H groups in total. The molecule has 0 fully saturated rings. The Kier molecular flexibility index (Phi) is 6.63. The molecule has 2 aromatic carbocycles. The minimum Gasteiger partial charge on any atom is -0.494 e. The SMILES string of the molecule is COc1ccc(C(=O)NC(CC(=O)O)c2ccc(C)cc2)nc1-c1cccc(C#N)c1. The lowest BCUT2D eigenvalue weighted by molar-refractivity contribution is -0.137. The van der Waals surface area contributed by atoms with Crippen molar-refractivity contribution in [2.75, 3.05) is 7.11 Å². The summed E-state index contributed by atoms with van der Waals surface area (Å²) in [6.07, 6.45) is -0.262. The van der Waals surface area contributed by atoms with Crippen LogP contribution in [0, 0.1) is 18.3 Å². The molecule has 0 saturated heterocycles. The highest BCUT2D eigenvalue weighted by atomic mass is 16.5. The van der Waals surface area contributed by atoms with E-state index in [9.17, 15) is 14.7 Å². The highest BCUT2D eigenvalue weighted by Crippen LogP contribution is 2.29.